The maximum atomic E-state index is 10.7. The molecular formula is C44H20N8. The molecule has 0 unspecified atom stereocenters. The van der Waals surface area contributed by atoms with Crippen molar-refractivity contribution in [2.75, 3.05) is 0 Å². The van der Waals surface area contributed by atoms with Crippen LogP contribution in [-0.4, -0.2) is 15.0 Å². The van der Waals surface area contributed by atoms with Gasteiger partial charge in [-0.2, -0.15) is 26.3 Å². The van der Waals surface area contributed by atoms with Gasteiger partial charge < -0.3 is 0 Å². The molecule has 8 heteroatoms. The smallest absolute Gasteiger partial charge is 0.0999 e. The highest BCUT2D eigenvalue weighted by atomic mass is 14.8. The molecule has 0 N–H and O–H groups in total. The van der Waals surface area contributed by atoms with Crippen LogP contribution in [0.25, 0.3) is 77.6 Å². The highest BCUT2D eigenvalue weighted by Gasteiger charge is 2.22. The molecule has 2 aromatic heterocycles. The Morgan fingerprint density at radius 1 is 0.365 bits per heavy atom. The van der Waals surface area contributed by atoms with Gasteiger partial charge in [0.2, 0.25) is 0 Å². The molecule has 0 amide bonds. The number of para-hydroxylation sites is 1. The van der Waals surface area contributed by atoms with Crippen molar-refractivity contribution >= 4 is 32.7 Å². The maximum absolute atomic E-state index is 10.7. The van der Waals surface area contributed by atoms with Crippen LogP contribution in [0.2, 0.25) is 0 Å². The van der Waals surface area contributed by atoms with Crippen LogP contribution in [0.5, 0.6) is 0 Å². The normalized spacial score (nSPS) is 10.6. The van der Waals surface area contributed by atoms with Gasteiger partial charge in [0, 0.05) is 32.8 Å². The van der Waals surface area contributed by atoms with Crippen molar-refractivity contribution in [3.8, 4) is 75.2 Å². The third-order valence-electron chi connectivity index (χ3n) is 8.96. The van der Waals surface area contributed by atoms with E-state index in [0.717, 1.165) is 27.6 Å². The SMILES string of the molecule is N#Cc1ccc(-c2nc3cc(C#N)c4c(-c5cccc(-c6cc(C#N)cc(C#N)c6)c5)nc5ccccc5c4c3nc2-c2ccc(C#N)cc2)cc1. The Kier molecular flexibility index (Phi) is 7.57. The molecule has 0 bridgehead atoms. The number of hydrogen-bond acceptors (Lipinski definition) is 8. The van der Waals surface area contributed by atoms with Gasteiger partial charge in [0.25, 0.3) is 0 Å². The van der Waals surface area contributed by atoms with Crippen LogP contribution in [0.3, 0.4) is 0 Å². The minimum Gasteiger partial charge on any atom is -0.247 e. The summed E-state index contributed by atoms with van der Waals surface area (Å²) in [6, 6.07) is 47.4. The van der Waals surface area contributed by atoms with Crippen molar-refractivity contribution in [1.82, 2.24) is 15.0 Å². The van der Waals surface area contributed by atoms with Crippen LogP contribution in [0.1, 0.15) is 27.8 Å². The summed E-state index contributed by atoms with van der Waals surface area (Å²) < 4.78 is 0. The number of rotatable bonds is 4. The highest BCUT2D eigenvalue weighted by Crippen LogP contribution is 2.41. The van der Waals surface area contributed by atoms with Gasteiger partial charge in [0.15, 0.2) is 0 Å². The molecule has 8 aromatic rings. The molecule has 2 heterocycles. The molecule has 0 spiro atoms. The van der Waals surface area contributed by atoms with Crippen molar-refractivity contribution in [2.24, 2.45) is 0 Å². The number of aromatic nitrogens is 3. The molecule has 236 valence electrons. The topological polar surface area (TPSA) is 158 Å². The lowest BCUT2D eigenvalue weighted by Crippen LogP contribution is -2.00. The van der Waals surface area contributed by atoms with E-state index in [9.17, 15) is 26.3 Å². The summed E-state index contributed by atoms with van der Waals surface area (Å²) in [4.78, 5) is 15.6. The van der Waals surface area contributed by atoms with Crippen LogP contribution in [0.4, 0.5) is 0 Å². The molecule has 0 radical (unpaired) electrons. The lowest BCUT2D eigenvalue weighted by Gasteiger charge is -2.16. The molecule has 0 fully saturated rings. The van der Waals surface area contributed by atoms with Gasteiger partial charge in [-0.05, 0) is 71.8 Å². The van der Waals surface area contributed by atoms with Crippen LogP contribution in [0, 0.1) is 56.7 Å². The number of pyridine rings is 1. The Balaban J connectivity index is 1.46. The standard InChI is InChI=1S/C44H20N8/c45-21-26-8-12-30(13-9-26)42-43(31-14-10-27(22-46)11-15-31)52-44-38(51-42)20-35(25-49)39-40(44)36-6-1-2-7-37(36)50-41(39)33-5-3-4-32(19-33)34-17-28(23-47)16-29(18-34)24-48/h1-20H. The molecule has 0 saturated carbocycles. The first-order chi connectivity index (χ1) is 25.5. The number of fused-ring (bicyclic) bond motifs is 5. The van der Waals surface area contributed by atoms with Crippen molar-refractivity contribution < 1.29 is 0 Å². The first-order valence-corrected chi connectivity index (χ1v) is 16.1. The monoisotopic (exact) mass is 660 g/mol. The lowest BCUT2D eigenvalue weighted by atomic mass is 9.92. The van der Waals surface area contributed by atoms with Crippen molar-refractivity contribution in [2.45, 2.75) is 0 Å². The van der Waals surface area contributed by atoms with Gasteiger partial charge in [-0.25, -0.2) is 15.0 Å². The van der Waals surface area contributed by atoms with Crippen molar-refractivity contribution in [1.29, 1.82) is 26.3 Å². The second kappa shape index (κ2) is 12.7. The third kappa shape index (κ3) is 5.27. The fourth-order valence-electron chi connectivity index (χ4n) is 6.54. The van der Waals surface area contributed by atoms with Crippen LogP contribution >= 0.6 is 0 Å². The minimum absolute atomic E-state index is 0.366. The fraction of sp³-hybridized carbons (Fsp3) is 0. The van der Waals surface area contributed by atoms with Gasteiger partial charge in [0.05, 0.1) is 91.8 Å². The van der Waals surface area contributed by atoms with Crippen molar-refractivity contribution in [3.05, 3.63) is 149 Å². The van der Waals surface area contributed by atoms with Gasteiger partial charge in [-0.1, -0.05) is 60.7 Å². The predicted octanol–water partition coefficient (Wildman–Crippen LogP) is 9.36. The summed E-state index contributed by atoms with van der Waals surface area (Å²) in [6.07, 6.45) is 0. The lowest BCUT2D eigenvalue weighted by molar-refractivity contribution is 1.29. The van der Waals surface area contributed by atoms with E-state index in [4.69, 9.17) is 15.0 Å². The number of nitrogens with zero attached hydrogens (tertiary/aromatic N) is 8. The summed E-state index contributed by atoms with van der Waals surface area (Å²) in [6.45, 7) is 0. The zero-order chi connectivity index (χ0) is 35.8. The highest BCUT2D eigenvalue weighted by molar-refractivity contribution is 6.23. The third-order valence-corrected chi connectivity index (χ3v) is 8.96. The van der Waals surface area contributed by atoms with Gasteiger partial charge >= 0.3 is 0 Å². The van der Waals surface area contributed by atoms with E-state index in [1.807, 2.05) is 72.8 Å². The van der Waals surface area contributed by atoms with Gasteiger partial charge in [0.1, 0.15) is 0 Å². The van der Waals surface area contributed by atoms with E-state index in [2.05, 4.69) is 30.3 Å². The largest absolute Gasteiger partial charge is 0.247 e. The Morgan fingerprint density at radius 3 is 1.56 bits per heavy atom. The summed E-state index contributed by atoms with van der Waals surface area (Å²) in [5, 5.41) is 50.9. The molecule has 0 aliphatic rings. The molecule has 0 aliphatic carbocycles. The maximum Gasteiger partial charge on any atom is 0.0999 e. The fourth-order valence-corrected chi connectivity index (χ4v) is 6.54. The summed E-state index contributed by atoms with van der Waals surface area (Å²) in [5.41, 5.74) is 9.33. The van der Waals surface area contributed by atoms with E-state index in [1.54, 1.807) is 48.5 Å². The Hall–Kier alpha value is -8.22. The average Bonchev–Trinajstić information content (AvgIpc) is 3.22. The van der Waals surface area contributed by atoms with Gasteiger partial charge in [-0.15, -0.1) is 0 Å². The molecule has 0 aliphatic heterocycles. The number of hydrogen-bond donors (Lipinski definition) is 0. The predicted molar refractivity (Wildman–Crippen MR) is 198 cm³/mol. The zero-order valence-corrected chi connectivity index (χ0v) is 27.1. The average molecular weight is 661 g/mol. The zero-order valence-electron chi connectivity index (χ0n) is 27.1. The van der Waals surface area contributed by atoms with Crippen LogP contribution < -0.4 is 0 Å². The first kappa shape index (κ1) is 31.1. The first-order valence-electron chi connectivity index (χ1n) is 16.1. The molecule has 8 rings (SSSR count). The summed E-state index contributed by atoms with van der Waals surface area (Å²) >= 11 is 0. The summed E-state index contributed by atoms with van der Waals surface area (Å²) in [5.74, 6) is 0. The Labute approximate surface area is 297 Å². The second-order valence-electron chi connectivity index (χ2n) is 12.0. The Morgan fingerprint density at radius 2 is 0.942 bits per heavy atom. The second-order valence-corrected chi connectivity index (χ2v) is 12.0. The van der Waals surface area contributed by atoms with E-state index in [1.165, 1.54) is 0 Å². The molecule has 8 nitrogen and oxygen atoms in total. The van der Waals surface area contributed by atoms with Crippen molar-refractivity contribution in [3.63, 3.8) is 0 Å². The van der Waals surface area contributed by atoms with Gasteiger partial charge in [-0.3, -0.25) is 0 Å². The number of nitriles is 5. The van der Waals surface area contributed by atoms with Crippen LogP contribution in [0.15, 0.2) is 121 Å². The molecular weight excluding hydrogens is 641 g/mol. The van der Waals surface area contributed by atoms with E-state index < -0.39 is 0 Å². The minimum atomic E-state index is 0.366. The Bertz CT molecular complexity index is 2970. The molecule has 0 atom stereocenters. The molecule has 0 saturated heterocycles. The van der Waals surface area contributed by atoms with E-state index in [-0.39, 0.29) is 0 Å². The van der Waals surface area contributed by atoms with Crippen LogP contribution in [-0.2, 0) is 0 Å². The van der Waals surface area contributed by atoms with E-state index >= 15 is 0 Å². The summed E-state index contributed by atoms with van der Waals surface area (Å²) in [7, 11) is 0. The number of benzene rings is 6. The van der Waals surface area contributed by atoms with E-state index in [0.29, 0.717) is 77.8 Å². The quantitative estimate of drug-likeness (QED) is 0.169. The molecule has 52 heavy (non-hydrogen) atoms. The molecule has 6 aromatic carbocycles.